The molecule has 0 rings (SSSR count). The van der Waals surface area contributed by atoms with Crippen LogP contribution in [0.4, 0.5) is 0 Å². The minimum atomic E-state index is 1.09. The summed E-state index contributed by atoms with van der Waals surface area (Å²) in [5.41, 5.74) is 2.37. The standard InChI is InChI=1S/C10H16/c1-5-7-8-10(6-2)9(3)4/h6-8H,3,5H2,1-2,4H3/b8-7+,10-6-. The van der Waals surface area contributed by atoms with Gasteiger partial charge in [-0.15, -0.1) is 0 Å². The van der Waals surface area contributed by atoms with E-state index >= 15 is 0 Å². The van der Waals surface area contributed by atoms with Crippen molar-refractivity contribution in [2.24, 2.45) is 0 Å². The fraction of sp³-hybridized carbons (Fsp3) is 0.400. The van der Waals surface area contributed by atoms with E-state index in [9.17, 15) is 0 Å². The summed E-state index contributed by atoms with van der Waals surface area (Å²) in [4.78, 5) is 0. The quantitative estimate of drug-likeness (QED) is 0.521. The maximum absolute atomic E-state index is 3.86. The number of allylic oxidation sites excluding steroid dienone is 5. The molecule has 0 radical (unpaired) electrons. The summed E-state index contributed by atoms with van der Waals surface area (Å²) in [7, 11) is 0. The molecule has 10 heavy (non-hydrogen) atoms. The van der Waals surface area contributed by atoms with Crippen LogP contribution in [0.25, 0.3) is 0 Å². The van der Waals surface area contributed by atoms with Gasteiger partial charge in [0.15, 0.2) is 0 Å². The smallest absolute Gasteiger partial charge is 0.0279 e. The van der Waals surface area contributed by atoms with Gasteiger partial charge in [-0.2, -0.15) is 0 Å². The maximum Gasteiger partial charge on any atom is -0.0279 e. The van der Waals surface area contributed by atoms with Gasteiger partial charge in [0.2, 0.25) is 0 Å². The van der Waals surface area contributed by atoms with Gasteiger partial charge in [-0.1, -0.05) is 37.3 Å². The molecule has 0 N–H and O–H groups in total. The minimum Gasteiger partial charge on any atom is -0.0955 e. The molecular weight excluding hydrogens is 120 g/mol. The van der Waals surface area contributed by atoms with Crippen molar-refractivity contribution < 1.29 is 0 Å². The van der Waals surface area contributed by atoms with Crippen LogP contribution in [0.1, 0.15) is 27.2 Å². The molecule has 0 aliphatic carbocycles. The highest BCUT2D eigenvalue weighted by Crippen LogP contribution is 2.07. The molecule has 0 aromatic heterocycles. The normalized spacial score (nSPS) is 12.5. The van der Waals surface area contributed by atoms with Crippen molar-refractivity contribution in [1.82, 2.24) is 0 Å². The third-order valence-corrected chi connectivity index (χ3v) is 1.34. The Morgan fingerprint density at radius 1 is 1.50 bits per heavy atom. The van der Waals surface area contributed by atoms with Gasteiger partial charge in [0.1, 0.15) is 0 Å². The molecule has 0 heteroatoms. The van der Waals surface area contributed by atoms with Gasteiger partial charge in [0.05, 0.1) is 0 Å². The fourth-order valence-corrected chi connectivity index (χ4v) is 0.730. The molecule has 0 unspecified atom stereocenters. The molecule has 0 aromatic rings. The lowest BCUT2D eigenvalue weighted by Gasteiger charge is -1.96. The van der Waals surface area contributed by atoms with Crippen molar-refractivity contribution in [3.05, 3.63) is 36.0 Å². The molecule has 0 aliphatic rings. The zero-order valence-electron chi connectivity index (χ0n) is 7.15. The molecule has 0 fully saturated rings. The van der Waals surface area contributed by atoms with Crippen LogP contribution in [0.3, 0.4) is 0 Å². The largest absolute Gasteiger partial charge is 0.0955 e. The summed E-state index contributed by atoms with van der Waals surface area (Å²) in [6.07, 6.45) is 7.42. The average molecular weight is 136 g/mol. The minimum absolute atomic E-state index is 1.09. The highest BCUT2D eigenvalue weighted by Gasteiger charge is 1.87. The Labute approximate surface area is 64.0 Å². The van der Waals surface area contributed by atoms with Gasteiger partial charge in [-0.3, -0.25) is 0 Å². The predicted molar refractivity (Wildman–Crippen MR) is 48.0 cm³/mol. The molecule has 0 heterocycles. The van der Waals surface area contributed by atoms with Crippen molar-refractivity contribution in [2.75, 3.05) is 0 Å². The Kier molecular flexibility index (Phi) is 4.65. The van der Waals surface area contributed by atoms with Crippen LogP contribution >= 0.6 is 0 Å². The van der Waals surface area contributed by atoms with E-state index in [0.717, 1.165) is 12.0 Å². The summed E-state index contributed by atoms with van der Waals surface area (Å²) in [5, 5.41) is 0. The van der Waals surface area contributed by atoms with Gasteiger partial charge in [-0.25, -0.2) is 0 Å². The molecule has 0 saturated carbocycles. The highest BCUT2D eigenvalue weighted by atomic mass is 13.9. The molecule has 0 aromatic carbocycles. The van der Waals surface area contributed by atoms with Crippen LogP contribution in [0.5, 0.6) is 0 Å². The summed E-state index contributed by atoms with van der Waals surface area (Å²) in [6.45, 7) is 10.0. The molecule has 0 atom stereocenters. The van der Waals surface area contributed by atoms with E-state index < -0.39 is 0 Å². The van der Waals surface area contributed by atoms with Crippen LogP contribution in [0, 0.1) is 0 Å². The van der Waals surface area contributed by atoms with E-state index in [1.54, 1.807) is 0 Å². The van der Waals surface area contributed by atoms with E-state index in [-0.39, 0.29) is 0 Å². The first kappa shape index (κ1) is 9.22. The van der Waals surface area contributed by atoms with Gasteiger partial charge < -0.3 is 0 Å². The van der Waals surface area contributed by atoms with Crippen molar-refractivity contribution >= 4 is 0 Å². The maximum atomic E-state index is 3.86. The summed E-state index contributed by atoms with van der Waals surface area (Å²) < 4.78 is 0. The second kappa shape index (κ2) is 5.04. The number of rotatable bonds is 3. The molecule has 56 valence electrons. The van der Waals surface area contributed by atoms with Gasteiger partial charge in [-0.05, 0) is 25.8 Å². The number of hydrogen-bond acceptors (Lipinski definition) is 0. The fourth-order valence-electron chi connectivity index (χ4n) is 0.730. The molecule has 0 saturated heterocycles. The third kappa shape index (κ3) is 3.29. The van der Waals surface area contributed by atoms with Crippen molar-refractivity contribution in [3.8, 4) is 0 Å². The summed E-state index contributed by atoms with van der Waals surface area (Å²) in [6, 6.07) is 0. The van der Waals surface area contributed by atoms with E-state index in [4.69, 9.17) is 0 Å². The Morgan fingerprint density at radius 2 is 2.10 bits per heavy atom. The lowest BCUT2D eigenvalue weighted by atomic mass is 10.1. The molecule has 0 aliphatic heterocycles. The highest BCUT2D eigenvalue weighted by molar-refractivity contribution is 5.35. The van der Waals surface area contributed by atoms with E-state index in [1.165, 1.54) is 5.57 Å². The second-order valence-electron chi connectivity index (χ2n) is 2.33. The van der Waals surface area contributed by atoms with Crippen LogP contribution in [0.2, 0.25) is 0 Å². The zero-order chi connectivity index (χ0) is 7.98. The van der Waals surface area contributed by atoms with E-state index in [1.807, 2.05) is 13.8 Å². The predicted octanol–water partition coefficient (Wildman–Crippen LogP) is 3.48. The van der Waals surface area contributed by atoms with Gasteiger partial charge >= 0.3 is 0 Å². The topological polar surface area (TPSA) is 0 Å². The first-order valence-corrected chi connectivity index (χ1v) is 3.71. The Morgan fingerprint density at radius 3 is 2.40 bits per heavy atom. The van der Waals surface area contributed by atoms with Crippen LogP contribution in [-0.4, -0.2) is 0 Å². The zero-order valence-corrected chi connectivity index (χ0v) is 7.15. The Bertz CT molecular complexity index is 159. The molecule has 0 nitrogen and oxygen atoms in total. The van der Waals surface area contributed by atoms with Gasteiger partial charge in [0.25, 0.3) is 0 Å². The summed E-state index contributed by atoms with van der Waals surface area (Å²) >= 11 is 0. The third-order valence-electron chi connectivity index (χ3n) is 1.34. The van der Waals surface area contributed by atoms with E-state index in [0.29, 0.717) is 0 Å². The molecule has 0 spiro atoms. The Hall–Kier alpha value is -0.780. The second-order valence-corrected chi connectivity index (χ2v) is 2.33. The SMILES string of the molecule is C=C(C)C(=C\C)/C=C/CC. The molecule has 0 bridgehead atoms. The average Bonchev–Trinajstić information content (AvgIpc) is 1.89. The number of hydrogen-bond donors (Lipinski definition) is 0. The van der Waals surface area contributed by atoms with E-state index in [2.05, 4.69) is 31.7 Å². The van der Waals surface area contributed by atoms with Crippen molar-refractivity contribution in [2.45, 2.75) is 27.2 Å². The first-order chi connectivity index (χ1) is 4.72. The summed E-state index contributed by atoms with van der Waals surface area (Å²) in [5.74, 6) is 0. The Balaban J connectivity index is 4.12. The monoisotopic (exact) mass is 136 g/mol. The first-order valence-electron chi connectivity index (χ1n) is 3.71. The van der Waals surface area contributed by atoms with Crippen LogP contribution in [-0.2, 0) is 0 Å². The van der Waals surface area contributed by atoms with Crippen molar-refractivity contribution in [3.63, 3.8) is 0 Å². The molecular formula is C10H16. The van der Waals surface area contributed by atoms with Crippen LogP contribution in [0.15, 0.2) is 36.0 Å². The van der Waals surface area contributed by atoms with Crippen molar-refractivity contribution in [1.29, 1.82) is 0 Å². The van der Waals surface area contributed by atoms with Gasteiger partial charge in [0, 0.05) is 0 Å². The molecule has 0 amide bonds. The lowest BCUT2D eigenvalue weighted by Crippen LogP contribution is -1.76. The van der Waals surface area contributed by atoms with Crippen LogP contribution < -0.4 is 0 Å². The lowest BCUT2D eigenvalue weighted by molar-refractivity contribution is 1.22.